The van der Waals surface area contributed by atoms with Crippen LogP contribution in [0.15, 0.2) is 57.9 Å². The fourth-order valence-electron chi connectivity index (χ4n) is 3.43. The zero-order valence-electron chi connectivity index (χ0n) is 16.0. The number of nitrogens with zero attached hydrogens (tertiary/aromatic N) is 3. The van der Waals surface area contributed by atoms with Crippen LogP contribution in [0.1, 0.15) is 13.8 Å². The van der Waals surface area contributed by atoms with Crippen molar-refractivity contribution < 1.29 is 13.2 Å². The van der Waals surface area contributed by atoms with Crippen molar-refractivity contribution in [2.24, 2.45) is 0 Å². The minimum Gasteiger partial charge on any atom is -0.372 e. The first-order chi connectivity index (χ1) is 13.8. The van der Waals surface area contributed by atoms with E-state index in [-0.39, 0.29) is 22.9 Å². The van der Waals surface area contributed by atoms with E-state index >= 15 is 0 Å². The summed E-state index contributed by atoms with van der Waals surface area (Å²) in [6.07, 6.45) is 0.00546. The van der Waals surface area contributed by atoms with Crippen LogP contribution in [0, 0.1) is 0 Å². The number of aromatic nitrogens is 2. The van der Waals surface area contributed by atoms with Crippen molar-refractivity contribution in [2.75, 3.05) is 22.7 Å². The van der Waals surface area contributed by atoms with Gasteiger partial charge in [-0.1, -0.05) is 28.1 Å². The van der Waals surface area contributed by atoms with E-state index in [9.17, 15) is 8.42 Å². The van der Waals surface area contributed by atoms with E-state index in [1.807, 2.05) is 43.0 Å². The number of anilines is 2. The third-order valence-electron chi connectivity index (χ3n) is 4.63. The molecule has 1 aliphatic rings. The topological polar surface area (TPSA) is 84.4 Å². The Morgan fingerprint density at radius 3 is 2.21 bits per heavy atom. The second-order valence-electron chi connectivity index (χ2n) is 7.11. The van der Waals surface area contributed by atoms with Crippen molar-refractivity contribution in [2.45, 2.75) is 31.0 Å². The molecule has 2 atom stereocenters. The first kappa shape index (κ1) is 20.1. The summed E-state index contributed by atoms with van der Waals surface area (Å²) in [5.41, 5.74) is 1.33. The number of nitrogens with one attached hydrogen (secondary N) is 1. The lowest BCUT2D eigenvalue weighted by atomic mass is 10.2. The molecule has 29 heavy (non-hydrogen) atoms. The summed E-state index contributed by atoms with van der Waals surface area (Å²) in [5, 5.41) is 0. The second kappa shape index (κ2) is 7.89. The van der Waals surface area contributed by atoms with Crippen molar-refractivity contribution in [1.29, 1.82) is 0 Å². The molecule has 3 aromatic rings. The second-order valence-corrected chi connectivity index (χ2v) is 9.70. The van der Waals surface area contributed by atoms with Gasteiger partial charge in [0.2, 0.25) is 0 Å². The maximum Gasteiger partial charge on any atom is 0.263 e. The Bertz CT molecular complexity index is 1130. The number of hydrogen-bond acceptors (Lipinski definition) is 6. The predicted octanol–water partition coefficient (Wildman–Crippen LogP) is 3.81. The molecule has 0 amide bonds. The van der Waals surface area contributed by atoms with E-state index in [0.717, 1.165) is 4.47 Å². The molecule has 4 rings (SSSR count). The number of rotatable bonds is 4. The van der Waals surface area contributed by atoms with E-state index in [1.54, 1.807) is 24.3 Å². The van der Waals surface area contributed by atoms with Crippen molar-refractivity contribution in [3.8, 4) is 0 Å². The molecule has 2 heterocycles. The number of ether oxygens (including phenoxy) is 1. The minimum atomic E-state index is -3.82. The van der Waals surface area contributed by atoms with Gasteiger partial charge in [-0.2, -0.15) is 0 Å². The normalized spacial score (nSPS) is 20.0. The molecule has 1 saturated heterocycles. The number of morpholine rings is 1. The summed E-state index contributed by atoms with van der Waals surface area (Å²) in [6, 6.07) is 13.9. The average Bonchev–Trinajstić information content (AvgIpc) is 2.66. The summed E-state index contributed by atoms with van der Waals surface area (Å²) in [6.45, 7) is 5.18. The minimum absolute atomic E-state index is 0.00273. The molecule has 2 unspecified atom stereocenters. The summed E-state index contributed by atoms with van der Waals surface area (Å²) >= 11 is 3.32. The summed E-state index contributed by atoms with van der Waals surface area (Å²) in [7, 11) is -3.82. The lowest BCUT2D eigenvalue weighted by Crippen LogP contribution is -2.46. The van der Waals surface area contributed by atoms with Gasteiger partial charge in [-0.25, -0.2) is 18.4 Å². The van der Waals surface area contributed by atoms with Crippen LogP contribution >= 0.6 is 15.9 Å². The summed E-state index contributed by atoms with van der Waals surface area (Å²) < 4.78 is 35.2. The van der Waals surface area contributed by atoms with Crippen LogP contribution < -0.4 is 9.62 Å². The molecule has 152 valence electrons. The van der Waals surface area contributed by atoms with Gasteiger partial charge in [0.05, 0.1) is 28.1 Å². The zero-order valence-corrected chi connectivity index (χ0v) is 18.4. The first-order valence-corrected chi connectivity index (χ1v) is 11.5. The molecule has 0 aliphatic carbocycles. The van der Waals surface area contributed by atoms with Crippen molar-refractivity contribution in [3.05, 3.63) is 53.0 Å². The Hall–Kier alpha value is -2.23. The molecular formula is C20H21BrN4O3S. The van der Waals surface area contributed by atoms with Crippen molar-refractivity contribution in [3.63, 3.8) is 0 Å². The molecule has 0 bridgehead atoms. The molecule has 1 aromatic heterocycles. The molecule has 7 nitrogen and oxygen atoms in total. The molecule has 1 aliphatic heterocycles. The summed E-state index contributed by atoms with van der Waals surface area (Å²) in [5.74, 6) is 0.722. The number of sulfonamides is 1. The maximum absolute atomic E-state index is 13.0. The third-order valence-corrected chi connectivity index (χ3v) is 6.51. The highest BCUT2D eigenvalue weighted by atomic mass is 79.9. The number of para-hydroxylation sites is 2. The third kappa shape index (κ3) is 4.36. The molecule has 2 aromatic carbocycles. The van der Waals surface area contributed by atoms with Gasteiger partial charge in [0.25, 0.3) is 10.0 Å². The van der Waals surface area contributed by atoms with Crippen LogP contribution in [0.2, 0.25) is 0 Å². The van der Waals surface area contributed by atoms with E-state index in [1.165, 1.54) is 0 Å². The highest BCUT2D eigenvalue weighted by Gasteiger charge is 2.28. The Labute approximate surface area is 178 Å². The number of halogens is 1. The van der Waals surface area contributed by atoms with Gasteiger partial charge in [-0.3, -0.25) is 4.72 Å². The summed E-state index contributed by atoms with van der Waals surface area (Å²) in [4.78, 5) is 11.5. The molecule has 1 N–H and O–H groups in total. The Kier molecular flexibility index (Phi) is 5.46. The van der Waals surface area contributed by atoms with E-state index in [2.05, 4.69) is 25.6 Å². The SMILES string of the molecule is CC1CN(c2nc3ccccc3nc2NS(=O)(=O)c2ccc(Br)cc2)CC(C)O1. The maximum atomic E-state index is 13.0. The van der Waals surface area contributed by atoms with Crippen LogP contribution in [-0.4, -0.2) is 43.7 Å². The highest BCUT2D eigenvalue weighted by Crippen LogP contribution is 2.29. The number of fused-ring (bicyclic) bond motifs is 1. The van der Waals surface area contributed by atoms with Crippen molar-refractivity contribution in [1.82, 2.24) is 9.97 Å². The van der Waals surface area contributed by atoms with Crippen LogP contribution in [0.4, 0.5) is 11.6 Å². The van der Waals surface area contributed by atoms with Gasteiger partial charge < -0.3 is 9.64 Å². The first-order valence-electron chi connectivity index (χ1n) is 9.27. The van der Waals surface area contributed by atoms with Gasteiger partial charge in [0.1, 0.15) is 0 Å². The largest absolute Gasteiger partial charge is 0.372 e. The molecular weight excluding hydrogens is 456 g/mol. The van der Waals surface area contributed by atoms with Crippen LogP contribution in [-0.2, 0) is 14.8 Å². The fourth-order valence-corrected chi connectivity index (χ4v) is 4.70. The van der Waals surface area contributed by atoms with Crippen LogP contribution in [0.25, 0.3) is 11.0 Å². The average molecular weight is 477 g/mol. The van der Waals surface area contributed by atoms with Gasteiger partial charge in [-0.05, 0) is 50.2 Å². The van der Waals surface area contributed by atoms with Gasteiger partial charge in [0.15, 0.2) is 11.6 Å². The van der Waals surface area contributed by atoms with Gasteiger partial charge in [-0.15, -0.1) is 0 Å². The molecule has 1 fully saturated rings. The number of hydrogen-bond donors (Lipinski definition) is 1. The standard InChI is InChI=1S/C20H21BrN4O3S/c1-13-11-25(12-14(2)28-13)20-19(22-17-5-3-4-6-18(17)23-20)24-29(26,27)16-9-7-15(21)8-10-16/h3-10,13-14H,11-12H2,1-2H3,(H,22,24). The quantitative estimate of drug-likeness (QED) is 0.616. The van der Waals surface area contributed by atoms with Crippen LogP contribution in [0.3, 0.4) is 0 Å². The molecule has 0 radical (unpaired) electrons. The Balaban J connectivity index is 1.78. The molecule has 0 saturated carbocycles. The number of benzene rings is 2. The van der Waals surface area contributed by atoms with Crippen LogP contribution in [0.5, 0.6) is 0 Å². The smallest absolute Gasteiger partial charge is 0.263 e. The predicted molar refractivity (Wildman–Crippen MR) is 117 cm³/mol. The van der Waals surface area contributed by atoms with Gasteiger partial charge in [0, 0.05) is 17.6 Å². The monoisotopic (exact) mass is 476 g/mol. The molecule has 0 spiro atoms. The van der Waals surface area contributed by atoms with Crippen molar-refractivity contribution >= 4 is 48.6 Å². The Morgan fingerprint density at radius 2 is 1.59 bits per heavy atom. The Morgan fingerprint density at radius 1 is 1.00 bits per heavy atom. The fraction of sp³-hybridized carbons (Fsp3) is 0.300. The van der Waals surface area contributed by atoms with Gasteiger partial charge >= 0.3 is 0 Å². The van der Waals surface area contributed by atoms with E-state index < -0.39 is 10.0 Å². The lowest BCUT2D eigenvalue weighted by molar-refractivity contribution is -0.00540. The molecule has 9 heteroatoms. The lowest BCUT2D eigenvalue weighted by Gasteiger charge is -2.36. The van der Waals surface area contributed by atoms with E-state index in [0.29, 0.717) is 29.9 Å². The van der Waals surface area contributed by atoms with E-state index in [4.69, 9.17) is 9.72 Å². The zero-order chi connectivity index (χ0) is 20.6. The highest BCUT2D eigenvalue weighted by molar-refractivity contribution is 9.10.